The molecule has 1 aromatic rings. The Balaban J connectivity index is 3.06. The number of benzene rings is 1. The molecule has 0 unspecified atom stereocenters. The van der Waals surface area contributed by atoms with Gasteiger partial charge < -0.3 is 54.4 Å². The van der Waals surface area contributed by atoms with E-state index in [-0.39, 0.29) is 68.3 Å². The minimum atomic E-state index is -1.34. The number of amides is 4. The molecule has 0 bridgehead atoms. The van der Waals surface area contributed by atoms with Crippen molar-refractivity contribution in [3.8, 4) is 0 Å². The van der Waals surface area contributed by atoms with Gasteiger partial charge in [-0.15, -0.1) is 0 Å². The molecule has 19 heteroatoms. The topological polar surface area (TPSA) is 337 Å². The molecule has 0 radical (unpaired) electrons. The molecule has 0 fully saturated rings. The zero-order valence-electron chi connectivity index (χ0n) is 44.8. The number of guanidine groups is 2. The molecule has 0 aliphatic carbocycles. The number of hydrogen-bond acceptors (Lipinski definition) is 11. The van der Waals surface area contributed by atoms with Crippen LogP contribution in [0.15, 0.2) is 40.3 Å². The van der Waals surface area contributed by atoms with Gasteiger partial charge >= 0.3 is 0 Å². The lowest BCUT2D eigenvalue weighted by Crippen LogP contribution is -2.53. The van der Waals surface area contributed by atoms with Crippen LogP contribution in [-0.2, 0) is 40.0 Å². The monoisotopic (exact) mass is 1030 g/mol. The number of nitrogens with two attached hydrogens (primary N) is 4. The lowest BCUT2D eigenvalue weighted by atomic mass is 9.87. The molecule has 0 spiro atoms. The van der Waals surface area contributed by atoms with Gasteiger partial charge in [-0.3, -0.25) is 43.5 Å². The Morgan fingerprint density at radius 1 is 0.534 bits per heavy atom. The minimum absolute atomic E-state index is 0.0274. The van der Waals surface area contributed by atoms with E-state index in [4.69, 9.17) is 22.9 Å². The number of aliphatic hydroxyl groups excluding tert-OH is 2. The van der Waals surface area contributed by atoms with Gasteiger partial charge in [0.2, 0.25) is 23.6 Å². The van der Waals surface area contributed by atoms with Crippen molar-refractivity contribution in [3.63, 3.8) is 0 Å². The fraction of sp³-hybridized carbons (Fsp3) is 0.722. The summed E-state index contributed by atoms with van der Waals surface area (Å²) in [6, 6.07) is 4.58. The van der Waals surface area contributed by atoms with E-state index in [1.54, 1.807) is 45.0 Å². The minimum Gasteiger partial charge on any atom is -0.396 e. The summed E-state index contributed by atoms with van der Waals surface area (Å²) in [7, 11) is 0. The van der Waals surface area contributed by atoms with Crippen molar-refractivity contribution >= 4 is 52.9 Å². The highest BCUT2D eigenvalue weighted by Gasteiger charge is 2.34. The van der Waals surface area contributed by atoms with Crippen molar-refractivity contribution in [1.29, 1.82) is 0 Å². The van der Waals surface area contributed by atoms with Crippen molar-refractivity contribution in [2.75, 3.05) is 26.3 Å². The highest BCUT2D eigenvalue weighted by molar-refractivity contribution is 5.97. The Morgan fingerprint density at radius 3 is 1.55 bits per heavy atom. The Labute approximate surface area is 435 Å². The van der Waals surface area contributed by atoms with Gasteiger partial charge in [0.25, 0.3) is 0 Å². The van der Waals surface area contributed by atoms with E-state index >= 15 is 0 Å². The highest BCUT2D eigenvalue weighted by Crippen LogP contribution is 2.20. The van der Waals surface area contributed by atoms with Crippen LogP contribution < -0.4 is 44.2 Å². The number of nitrogens with one attached hydrogen (secondary N) is 4. The first-order valence-electron chi connectivity index (χ1n) is 27.0. The Kier molecular flexibility index (Phi) is 35.1. The van der Waals surface area contributed by atoms with Crippen LogP contribution in [0.5, 0.6) is 0 Å². The molecule has 414 valence electrons. The molecular formula is C54H94N10O9. The fourth-order valence-electron chi connectivity index (χ4n) is 8.59. The van der Waals surface area contributed by atoms with E-state index in [1.807, 2.05) is 13.0 Å². The largest absolute Gasteiger partial charge is 0.396 e. The summed E-state index contributed by atoms with van der Waals surface area (Å²) in [6.45, 7) is 8.17. The molecule has 1 aromatic carbocycles. The summed E-state index contributed by atoms with van der Waals surface area (Å²) in [4.78, 5) is 103. The molecule has 19 nitrogen and oxygen atoms in total. The molecule has 14 N–H and O–H groups in total. The molecule has 1 rings (SSSR count). The zero-order valence-corrected chi connectivity index (χ0v) is 44.8. The first kappa shape index (κ1) is 65.6. The van der Waals surface area contributed by atoms with Gasteiger partial charge in [-0.1, -0.05) is 135 Å². The van der Waals surface area contributed by atoms with E-state index < -0.39 is 90.7 Å². The number of nitrogens with zero attached hydrogens (tertiary/aromatic N) is 2. The first-order chi connectivity index (χ1) is 34.8. The Hall–Kier alpha value is -5.43. The predicted molar refractivity (Wildman–Crippen MR) is 288 cm³/mol. The Morgan fingerprint density at radius 2 is 1.03 bits per heavy atom. The highest BCUT2D eigenvalue weighted by atomic mass is 16.3. The van der Waals surface area contributed by atoms with Gasteiger partial charge in [-0.05, 0) is 62.8 Å². The maximum Gasteiger partial charge on any atom is 0.242 e. The number of carbonyl (C=O) groups excluding carboxylic acids is 7. The van der Waals surface area contributed by atoms with Crippen LogP contribution in [0.3, 0.4) is 0 Å². The van der Waals surface area contributed by atoms with Crippen LogP contribution in [-0.4, -0.2) is 114 Å². The van der Waals surface area contributed by atoms with E-state index in [0.29, 0.717) is 32.2 Å². The summed E-state index contributed by atoms with van der Waals surface area (Å²) < 4.78 is 0. The molecule has 0 aromatic heterocycles. The van der Waals surface area contributed by atoms with Crippen LogP contribution in [0.25, 0.3) is 0 Å². The molecule has 0 aliphatic rings. The van der Waals surface area contributed by atoms with Gasteiger partial charge in [-0.2, -0.15) is 0 Å². The van der Waals surface area contributed by atoms with Gasteiger partial charge in [0.1, 0.15) is 12.1 Å². The van der Waals surface area contributed by atoms with Gasteiger partial charge in [-0.25, -0.2) is 0 Å². The van der Waals surface area contributed by atoms with Crippen LogP contribution in [0.4, 0.5) is 0 Å². The third-order valence-electron chi connectivity index (χ3n) is 13.0. The fourth-order valence-corrected chi connectivity index (χ4v) is 8.59. The van der Waals surface area contributed by atoms with Crippen molar-refractivity contribution in [2.24, 2.45) is 56.6 Å². The van der Waals surface area contributed by atoms with Crippen molar-refractivity contribution in [1.82, 2.24) is 21.3 Å². The quantitative estimate of drug-likeness (QED) is 0.0250. The lowest BCUT2D eigenvalue weighted by Gasteiger charge is -2.27. The van der Waals surface area contributed by atoms with E-state index in [9.17, 15) is 43.8 Å². The molecule has 0 heterocycles. The molecule has 0 saturated heterocycles. The SMILES string of the molecule is CCCCCCCCCCCCCCCC(=O)N[C@@H](C)C(=O)N[C@H](C(=O)C[C@@H](Cc1ccccc1)C(=O)N[C@@H](CCCN=C(N)N)C(=O)C[C@@H](CO)C(=O)N[C@@H](CO)C(=O)C[C@H](C)CCCN=C(N)N)C(C)C. The second-order valence-corrected chi connectivity index (χ2v) is 20.1. The van der Waals surface area contributed by atoms with Gasteiger partial charge in [0.05, 0.1) is 31.2 Å². The normalized spacial score (nSPS) is 14.1. The average Bonchev–Trinajstić information content (AvgIpc) is 3.34. The summed E-state index contributed by atoms with van der Waals surface area (Å²) in [5.74, 6) is -6.80. The molecular weight excluding hydrogens is 933 g/mol. The van der Waals surface area contributed by atoms with Crippen molar-refractivity contribution in [2.45, 2.75) is 200 Å². The standard InChI is InChI=1S/C54H94N10O9/c1-6-7-8-9-10-11-12-13-14-15-16-17-21-28-48(70)61-39(5)50(71)64-49(37(2)3)47(69)33-41(32-40-25-19-18-20-26-40)51(72)62-43(27-23-30-60-54(57)58)46(68)34-42(35-65)52(73)63-44(36-66)45(67)31-38(4)24-22-29-59-53(55)56/h18-20,25-26,37-39,41-44,49,65-66H,6-17,21-24,27-36H2,1-5H3,(H,61,70)(H,62,72)(H,63,73)(H,64,71)(H4,55,56,59)(H4,57,58,60)/t38-,39+,41-,42+,43+,44+,49+/m1/s1. The smallest absolute Gasteiger partial charge is 0.242 e. The lowest BCUT2D eigenvalue weighted by molar-refractivity contribution is -0.136. The van der Waals surface area contributed by atoms with E-state index in [2.05, 4.69) is 38.2 Å². The summed E-state index contributed by atoms with van der Waals surface area (Å²) in [5, 5.41) is 31.2. The molecule has 7 atom stereocenters. The van der Waals surface area contributed by atoms with E-state index in [1.165, 1.54) is 57.8 Å². The number of ketones is 3. The van der Waals surface area contributed by atoms with Crippen LogP contribution in [0.2, 0.25) is 0 Å². The summed E-state index contributed by atoms with van der Waals surface area (Å²) in [6.07, 6.45) is 16.5. The van der Waals surface area contributed by atoms with Crippen LogP contribution >= 0.6 is 0 Å². The zero-order chi connectivity index (χ0) is 54.6. The first-order valence-corrected chi connectivity index (χ1v) is 27.0. The van der Waals surface area contributed by atoms with Crippen LogP contribution in [0.1, 0.15) is 175 Å². The molecule has 73 heavy (non-hydrogen) atoms. The van der Waals surface area contributed by atoms with Crippen molar-refractivity contribution in [3.05, 3.63) is 35.9 Å². The molecule has 4 amide bonds. The molecule has 0 saturated carbocycles. The number of aliphatic imine (C=N–C) groups is 2. The molecule has 0 aliphatic heterocycles. The number of aliphatic hydroxyl groups is 2. The third-order valence-corrected chi connectivity index (χ3v) is 13.0. The van der Waals surface area contributed by atoms with Gasteiger partial charge in [0, 0.05) is 44.7 Å². The number of rotatable bonds is 43. The summed E-state index contributed by atoms with van der Waals surface area (Å²) in [5.41, 5.74) is 22.5. The number of carbonyl (C=O) groups is 7. The number of unbranched alkanes of at least 4 members (excludes halogenated alkanes) is 12. The van der Waals surface area contributed by atoms with Crippen LogP contribution in [0, 0.1) is 23.7 Å². The summed E-state index contributed by atoms with van der Waals surface area (Å²) >= 11 is 0. The van der Waals surface area contributed by atoms with Crippen molar-refractivity contribution < 1.29 is 43.8 Å². The maximum atomic E-state index is 14.3. The number of Topliss-reactive ketones (excluding diaryl/α,β-unsaturated/α-hetero) is 3. The maximum absolute atomic E-state index is 14.3. The second-order valence-electron chi connectivity index (χ2n) is 20.1. The second kappa shape index (κ2) is 39.1. The third kappa shape index (κ3) is 30.4. The Bertz CT molecular complexity index is 1840. The predicted octanol–water partition coefficient (Wildman–Crippen LogP) is 4.16. The van der Waals surface area contributed by atoms with Gasteiger partial charge in [0.15, 0.2) is 29.3 Å². The number of hydrogen-bond donors (Lipinski definition) is 10. The average molecular weight is 1030 g/mol. The van der Waals surface area contributed by atoms with E-state index in [0.717, 1.165) is 24.8 Å².